The molecule has 22 heavy (non-hydrogen) atoms. The number of nitrogens with one attached hydrogen (secondary N) is 1. The Morgan fingerprint density at radius 3 is 2.59 bits per heavy atom. The van der Waals surface area contributed by atoms with Crippen LogP contribution < -0.4 is 11.1 Å². The van der Waals surface area contributed by atoms with Crippen molar-refractivity contribution in [2.75, 3.05) is 17.3 Å². The Morgan fingerprint density at radius 2 is 1.82 bits per heavy atom. The fourth-order valence-electron chi connectivity index (χ4n) is 2.27. The molecule has 3 rings (SSSR count). The van der Waals surface area contributed by atoms with Crippen LogP contribution in [-0.2, 0) is 9.84 Å². The number of fused-ring (bicyclic) bond motifs is 1. The van der Waals surface area contributed by atoms with Gasteiger partial charge in [-0.1, -0.05) is 18.2 Å². The molecule has 5 nitrogen and oxygen atoms in total. The molecule has 0 fully saturated rings. The van der Waals surface area contributed by atoms with Gasteiger partial charge in [-0.25, -0.2) is 13.4 Å². The smallest absolute Gasteiger partial charge is 0.175 e. The third kappa shape index (κ3) is 2.73. The van der Waals surface area contributed by atoms with E-state index in [-0.39, 0.29) is 4.90 Å². The fraction of sp³-hybridized carbons (Fsp3) is 0.0625. The van der Waals surface area contributed by atoms with Crippen molar-refractivity contribution in [3.05, 3.63) is 54.7 Å². The number of nitrogen functional groups attached to an aromatic ring is 1. The molecule has 0 saturated carbocycles. The lowest BCUT2D eigenvalue weighted by Gasteiger charge is -2.10. The summed E-state index contributed by atoms with van der Waals surface area (Å²) in [6.45, 7) is 0. The van der Waals surface area contributed by atoms with Gasteiger partial charge in [0, 0.05) is 34.6 Å². The first-order valence-electron chi connectivity index (χ1n) is 6.65. The van der Waals surface area contributed by atoms with Crippen molar-refractivity contribution in [1.82, 2.24) is 4.98 Å². The quantitative estimate of drug-likeness (QED) is 0.726. The van der Waals surface area contributed by atoms with E-state index in [1.807, 2.05) is 24.3 Å². The van der Waals surface area contributed by atoms with Gasteiger partial charge in [-0.05, 0) is 30.3 Å². The maximum absolute atomic E-state index is 11.6. The summed E-state index contributed by atoms with van der Waals surface area (Å²) >= 11 is 0. The largest absolute Gasteiger partial charge is 0.398 e. The summed E-state index contributed by atoms with van der Waals surface area (Å²) in [6.07, 6.45) is 2.85. The minimum atomic E-state index is -3.25. The Hall–Kier alpha value is -2.60. The molecule has 3 N–H and O–H groups in total. The van der Waals surface area contributed by atoms with Gasteiger partial charge >= 0.3 is 0 Å². The van der Waals surface area contributed by atoms with E-state index in [9.17, 15) is 8.42 Å². The highest BCUT2D eigenvalue weighted by Gasteiger charge is 2.09. The lowest BCUT2D eigenvalue weighted by Crippen LogP contribution is -2.00. The van der Waals surface area contributed by atoms with E-state index in [0.717, 1.165) is 10.8 Å². The molecular formula is C16H15N3O2S. The number of hydrogen-bond acceptors (Lipinski definition) is 5. The van der Waals surface area contributed by atoms with Crippen LogP contribution in [0.25, 0.3) is 10.8 Å². The molecule has 3 aromatic rings. The van der Waals surface area contributed by atoms with Gasteiger partial charge in [0.15, 0.2) is 9.84 Å². The van der Waals surface area contributed by atoms with E-state index in [0.29, 0.717) is 17.2 Å². The SMILES string of the molecule is CS(=O)(=O)c1cccc(Nc2nccc3c(N)cccc23)c1. The van der Waals surface area contributed by atoms with E-state index in [4.69, 9.17) is 5.73 Å². The Bertz CT molecular complexity index is 953. The first kappa shape index (κ1) is 14.3. The molecule has 0 saturated heterocycles. The normalized spacial score (nSPS) is 11.5. The molecule has 0 aliphatic carbocycles. The Labute approximate surface area is 128 Å². The maximum atomic E-state index is 11.6. The van der Waals surface area contributed by atoms with Crippen LogP contribution in [0.2, 0.25) is 0 Å². The number of benzene rings is 2. The van der Waals surface area contributed by atoms with Crippen molar-refractivity contribution < 1.29 is 8.42 Å². The summed E-state index contributed by atoms with van der Waals surface area (Å²) < 4.78 is 23.3. The number of rotatable bonds is 3. The third-order valence-electron chi connectivity index (χ3n) is 3.36. The summed E-state index contributed by atoms with van der Waals surface area (Å²) in [5.41, 5.74) is 7.30. The zero-order chi connectivity index (χ0) is 15.7. The van der Waals surface area contributed by atoms with E-state index >= 15 is 0 Å². The highest BCUT2D eigenvalue weighted by atomic mass is 32.2. The van der Waals surface area contributed by atoms with Crippen LogP contribution in [0.15, 0.2) is 59.6 Å². The first-order valence-corrected chi connectivity index (χ1v) is 8.54. The third-order valence-corrected chi connectivity index (χ3v) is 4.47. The monoisotopic (exact) mass is 313 g/mol. The van der Waals surface area contributed by atoms with Gasteiger partial charge in [0.2, 0.25) is 0 Å². The molecule has 1 heterocycles. The number of nitrogens with zero attached hydrogens (tertiary/aromatic N) is 1. The Balaban J connectivity index is 2.06. The van der Waals surface area contributed by atoms with Gasteiger partial charge in [-0.3, -0.25) is 0 Å². The number of hydrogen-bond donors (Lipinski definition) is 2. The average molecular weight is 313 g/mol. The average Bonchev–Trinajstić information content (AvgIpc) is 2.48. The van der Waals surface area contributed by atoms with Crippen LogP contribution in [0.3, 0.4) is 0 Å². The van der Waals surface area contributed by atoms with Crippen LogP contribution in [0.1, 0.15) is 0 Å². The number of sulfone groups is 1. The molecule has 6 heteroatoms. The van der Waals surface area contributed by atoms with E-state index in [1.165, 1.54) is 6.26 Å². The molecular weight excluding hydrogens is 298 g/mol. The van der Waals surface area contributed by atoms with E-state index in [2.05, 4.69) is 10.3 Å². The lowest BCUT2D eigenvalue weighted by molar-refractivity contribution is 0.602. The standard InChI is InChI=1S/C16H15N3O2S/c1-22(20,21)12-5-2-4-11(10-12)19-16-14-6-3-7-15(17)13(14)8-9-18-16/h2-10H,17H2,1H3,(H,18,19). The second-order valence-corrected chi connectivity index (χ2v) is 7.04. The second kappa shape index (κ2) is 5.31. The van der Waals surface area contributed by atoms with Gasteiger partial charge in [0.1, 0.15) is 5.82 Å². The Morgan fingerprint density at radius 1 is 1.05 bits per heavy atom. The lowest BCUT2D eigenvalue weighted by atomic mass is 10.1. The van der Waals surface area contributed by atoms with Gasteiger partial charge in [0.25, 0.3) is 0 Å². The molecule has 0 bridgehead atoms. The minimum absolute atomic E-state index is 0.261. The fourth-order valence-corrected chi connectivity index (χ4v) is 2.94. The number of aromatic nitrogens is 1. The second-order valence-electron chi connectivity index (χ2n) is 5.03. The number of nitrogens with two attached hydrogens (primary N) is 1. The molecule has 0 atom stereocenters. The maximum Gasteiger partial charge on any atom is 0.175 e. The predicted molar refractivity (Wildman–Crippen MR) is 89.0 cm³/mol. The summed E-state index contributed by atoms with van der Waals surface area (Å²) in [5, 5.41) is 4.94. The topological polar surface area (TPSA) is 85.1 Å². The van der Waals surface area contributed by atoms with Crippen molar-refractivity contribution in [3.63, 3.8) is 0 Å². The van der Waals surface area contributed by atoms with Gasteiger partial charge in [-0.2, -0.15) is 0 Å². The Kier molecular flexibility index (Phi) is 3.46. The molecule has 0 spiro atoms. The summed E-state index contributed by atoms with van der Waals surface area (Å²) in [4.78, 5) is 4.58. The molecule has 0 radical (unpaired) electrons. The number of anilines is 3. The summed E-state index contributed by atoms with van der Waals surface area (Å²) in [7, 11) is -3.25. The zero-order valence-electron chi connectivity index (χ0n) is 11.9. The molecule has 0 aliphatic rings. The van der Waals surface area contributed by atoms with Crippen molar-refractivity contribution in [2.24, 2.45) is 0 Å². The summed E-state index contributed by atoms with van der Waals surface area (Å²) in [5.74, 6) is 0.635. The van der Waals surface area contributed by atoms with Crippen LogP contribution in [-0.4, -0.2) is 19.7 Å². The van der Waals surface area contributed by atoms with Crippen molar-refractivity contribution in [2.45, 2.75) is 4.90 Å². The van der Waals surface area contributed by atoms with Crippen LogP contribution in [0, 0.1) is 0 Å². The van der Waals surface area contributed by atoms with Crippen molar-refractivity contribution >= 4 is 37.8 Å². The molecule has 2 aromatic carbocycles. The first-order chi connectivity index (χ1) is 10.4. The van der Waals surface area contributed by atoms with Crippen molar-refractivity contribution in [3.8, 4) is 0 Å². The van der Waals surface area contributed by atoms with E-state index in [1.54, 1.807) is 30.5 Å². The minimum Gasteiger partial charge on any atom is -0.398 e. The summed E-state index contributed by atoms with van der Waals surface area (Å²) in [6, 6.07) is 14.1. The molecule has 1 aromatic heterocycles. The van der Waals surface area contributed by atoms with Gasteiger partial charge in [-0.15, -0.1) is 0 Å². The van der Waals surface area contributed by atoms with Crippen LogP contribution >= 0.6 is 0 Å². The molecule has 112 valence electrons. The van der Waals surface area contributed by atoms with Gasteiger partial charge in [0.05, 0.1) is 4.90 Å². The molecule has 0 amide bonds. The zero-order valence-corrected chi connectivity index (χ0v) is 12.8. The van der Waals surface area contributed by atoms with Crippen LogP contribution in [0.5, 0.6) is 0 Å². The predicted octanol–water partition coefficient (Wildman–Crippen LogP) is 2.96. The van der Waals surface area contributed by atoms with Crippen LogP contribution in [0.4, 0.5) is 17.2 Å². The van der Waals surface area contributed by atoms with E-state index < -0.39 is 9.84 Å². The van der Waals surface area contributed by atoms with Crippen molar-refractivity contribution in [1.29, 1.82) is 0 Å². The highest BCUT2D eigenvalue weighted by molar-refractivity contribution is 7.90. The molecule has 0 aliphatic heterocycles. The molecule has 0 unspecified atom stereocenters. The van der Waals surface area contributed by atoms with Gasteiger partial charge < -0.3 is 11.1 Å². The number of pyridine rings is 1. The highest BCUT2D eigenvalue weighted by Crippen LogP contribution is 2.28.